The third-order valence-corrected chi connectivity index (χ3v) is 4.90. The second kappa shape index (κ2) is 6.24. The van der Waals surface area contributed by atoms with Crippen molar-refractivity contribution in [1.82, 2.24) is 10.3 Å². The van der Waals surface area contributed by atoms with Crippen LogP contribution in [0, 0.1) is 12.7 Å². The topological polar surface area (TPSA) is 24.9 Å². The van der Waals surface area contributed by atoms with Crippen LogP contribution in [-0.2, 0) is 12.0 Å². The van der Waals surface area contributed by atoms with Crippen molar-refractivity contribution < 1.29 is 4.39 Å². The van der Waals surface area contributed by atoms with Crippen molar-refractivity contribution in [2.75, 3.05) is 0 Å². The fraction of sp³-hybridized carbons (Fsp3) is 0.471. The Labute approximate surface area is 130 Å². The van der Waals surface area contributed by atoms with Gasteiger partial charge in [-0.25, -0.2) is 9.37 Å². The summed E-state index contributed by atoms with van der Waals surface area (Å²) in [7, 11) is 0. The summed E-state index contributed by atoms with van der Waals surface area (Å²) in [6.07, 6.45) is 1.93. The van der Waals surface area contributed by atoms with Gasteiger partial charge in [-0.1, -0.05) is 32.9 Å². The molecule has 2 nitrogen and oxygen atoms in total. The van der Waals surface area contributed by atoms with E-state index in [1.807, 2.05) is 18.3 Å². The summed E-state index contributed by atoms with van der Waals surface area (Å²) in [5, 5.41) is 4.58. The normalized spacial score (nSPS) is 13.4. The molecule has 0 saturated carbocycles. The highest BCUT2D eigenvalue weighted by molar-refractivity contribution is 7.11. The SMILES string of the molecule is Cc1ccc(C(C)NCc2cnc(C(C)(C)C)s2)cc1F. The van der Waals surface area contributed by atoms with Crippen molar-refractivity contribution in [2.24, 2.45) is 0 Å². The molecule has 2 rings (SSSR count). The van der Waals surface area contributed by atoms with Crippen LogP contribution in [0.4, 0.5) is 4.39 Å². The molecule has 0 bridgehead atoms. The first-order valence-corrected chi connectivity index (χ1v) is 8.03. The lowest BCUT2D eigenvalue weighted by atomic mass is 9.98. The largest absolute Gasteiger partial charge is 0.305 e. The number of thiazole rings is 1. The van der Waals surface area contributed by atoms with Gasteiger partial charge < -0.3 is 5.32 Å². The first-order chi connectivity index (χ1) is 9.77. The highest BCUT2D eigenvalue weighted by Gasteiger charge is 2.18. The number of benzene rings is 1. The van der Waals surface area contributed by atoms with Gasteiger partial charge in [0.05, 0.1) is 5.01 Å². The van der Waals surface area contributed by atoms with Crippen LogP contribution in [0.15, 0.2) is 24.4 Å². The Bertz CT molecular complexity index is 613. The van der Waals surface area contributed by atoms with E-state index in [0.717, 1.165) is 17.1 Å². The van der Waals surface area contributed by atoms with Crippen LogP contribution in [0.25, 0.3) is 0 Å². The summed E-state index contributed by atoms with van der Waals surface area (Å²) in [6, 6.07) is 5.52. The number of aromatic nitrogens is 1. The zero-order valence-corrected chi connectivity index (χ0v) is 14.1. The van der Waals surface area contributed by atoms with Crippen LogP contribution in [0.3, 0.4) is 0 Å². The molecule has 1 atom stereocenters. The molecule has 1 aromatic heterocycles. The Morgan fingerprint density at radius 3 is 2.62 bits per heavy atom. The van der Waals surface area contributed by atoms with Crippen LogP contribution in [0.1, 0.15) is 54.7 Å². The number of nitrogens with one attached hydrogen (secondary N) is 1. The van der Waals surface area contributed by atoms with Gasteiger partial charge >= 0.3 is 0 Å². The summed E-state index contributed by atoms with van der Waals surface area (Å²) in [6.45, 7) is 11.1. The third-order valence-electron chi connectivity index (χ3n) is 3.47. The maximum Gasteiger partial charge on any atom is 0.126 e. The van der Waals surface area contributed by atoms with E-state index in [4.69, 9.17) is 0 Å². The minimum atomic E-state index is -0.144. The summed E-state index contributed by atoms with van der Waals surface area (Å²) < 4.78 is 13.6. The van der Waals surface area contributed by atoms with Crippen molar-refractivity contribution in [3.8, 4) is 0 Å². The van der Waals surface area contributed by atoms with E-state index in [2.05, 4.69) is 38.0 Å². The minimum absolute atomic E-state index is 0.0919. The fourth-order valence-electron chi connectivity index (χ4n) is 1.99. The standard InChI is InChI=1S/C17H23FN2S/c1-11-6-7-13(8-15(11)18)12(2)19-9-14-10-20-16(21-14)17(3,4)5/h6-8,10,12,19H,9H2,1-5H3. The summed E-state index contributed by atoms with van der Waals surface area (Å²) in [4.78, 5) is 5.69. The van der Waals surface area contributed by atoms with Crippen molar-refractivity contribution in [3.63, 3.8) is 0 Å². The predicted molar refractivity (Wildman–Crippen MR) is 87.2 cm³/mol. The average molecular weight is 306 g/mol. The van der Waals surface area contributed by atoms with Gasteiger partial charge in [0.1, 0.15) is 5.82 Å². The zero-order chi connectivity index (χ0) is 15.6. The maximum absolute atomic E-state index is 13.6. The van der Waals surface area contributed by atoms with E-state index in [9.17, 15) is 4.39 Å². The number of nitrogens with zero attached hydrogens (tertiary/aromatic N) is 1. The van der Waals surface area contributed by atoms with Crippen molar-refractivity contribution in [1.29, 1.82) is 0 Å². The van der Waals surface area contributed by atoms with E-state index in [1.54, 1.807) is 24.3 Å². The van der Waals surface area contributed by atoms with Crippen LogP contribution in [-0.4, -0.2) is 4.98 Å². The molecule has 0 radical (unpaired) electrons. The predicted octanol–water partition coefficient (Wildman–Crippen LogP) is 4.74. The third kappa shape index (κ3) is 4.11. The van der Waals surface area contributed by atoms with Gasteiger partial charge in [-0.2, -0.15) is 0 Å². The van der Waals surface area contributed by atoms with E-state index in [1.165, 1.54) is 4.88 Å². The van der Waals surface area contributed by atoms with Gasteiger partial charge in [0.25, 0.3) is 0 Å². The Kier molecular flexibility index (Phi) is 4.79. The van der Waals surface area contributed by atoms with Gasteiger partial charge in [0.15, 0.2) is 0 Å². The molecule has 0 aliphatic heterocycles. The molecular formula is C17H23FN2S. The molecule has 2 aromatic rings. The number of rotatable bonds is 4. The van der Waals surface area contributed by atoms with Gasteiger partial charge in [-0.3, -0.25) is 0 Å². The molecule has 0 spiro atoms. The quantitative estimate of drug-likeness (QED) is 0.882. The lowest BCUT2D eigenvalue weighted by molar-refractivity contribution is 0.566. The van der Waals surface area contributed by atoms with E-state index < -0.39 is 0 Å². The van der Waals surface area contributed by atoms with Crippen LogP contribution in [0.5, 0.6) is 0 Å². The highest BCUT2D eigenvalue weighted by atomic mass is 32.1. The lowest BCUT2D eigenvalue weighted by Crippen LogP contribution is -2.17. The van der Waals surface area contributed by atoms with Gasteiger partial charge in [-0.15, -0.1) is 11.3 Å². The molecular weight excluding hydrogens is 283 g/mol. The molecule has 1 unspecified atom stereocenters. The molecule has 0 amide bonds. The Hall–Kier alpha value is -1.26. The van der Waals surface area contributed by atoms with Gasteiger partial charge in [0, 0.05) is 29.1 Å². The van der Waals surface area contributed by atoms with Crippen molar-refractivity contribution >= 4 is 11.3 Å². The molecule has 0 saturated heterocycles. The van der Waals surface area contributed by atoms with Crippen molar-refractivity contribution in [2.45, 2.75) is 52.6 Å². The summed E-state index contributed by atoms with van der Waals surface area (Å²) in [5.74, 6) is -0.144. The summed E-state index contributed by atoms with van der Waals surface area (Å²) >= 11 is 1.73. The zero-order valence-electron chi connectivity index (χ0n) is 13.3. The molecule has 1 N–H and O–H groups in total. The number of hydrogen-bond acceptors (Lipinski definition) is 3. The molecule has 0 aliphatic carbocycles. The molecule has 4 heteroatoms. The Morgan fingerprint density at radius 2 is 2.05 bits per heavy atom. The van der Waals surface area contributed by atoms with Crippen LogP contribution >= 0.6 is 11.3 Å². The van der Waals surface area contributed by atoms with Gasteiger partial charge in [0.2, 0.25) is 0 Å². The average Bonchev–Trinajstić information content (AvgIpc) is 2.88. The monoisotopic (exact) mass is 306 g/mol. The minimum Gasteiger partial charge on any atom is -0.305 e. The second-order valence-electron chi connectivity index (χ2n) is 6.49. The highest BCUT2D eigenvalue weighted by Crippen LogP contribution is 2.27. The lowest BCUT2D eigenvalue weighted by Gasteiger charge is -2.15. The molecule has 0 aliphatic rings. The number of hydrogen-bond donors (Lipinski definition) is 1. The molecule has 114 valence electrons. The number of halogens is 1. The van der Waals surface area contributed by atoms with E-state index in [-0.39, 0.29) is 17.3 Å². The van der Waals surface area contributed by atoms with Crippen molar-refractivity contribution in [3.05, 3.63) is 51.2 Å². The first kappa shape index (κ1) is 16.1. The van der Waals surface area contributed by atoms with E-state index in [0.29, 0.717) is 5.56 Å². The molecule has 21 heavy (non-hydrogen) atoms. The van der Waals surface area contributed by atoms with E-state index >= 15 is 0 Å². The van der Waals surface area contributed by atoms with Gasteiger partial charge in [-0.05, 0) is 31.0 Å². The Balaban J connectivity index is 1.99. The summed E-state index contributed by atoms with van der Waals surface area (Å²) in [5.41, 5.74) is 1.75. The second-order valence-corrected chi connectivity index (χ2v) is 7.61. The fourth-order valence-corrected chi connectivity index (χ4v) is 2.91. The molecule has 1 heterocycles. The number of aryl methyl sites for hydroxylation is 1. The van der Waals surface area contributed by atoms with Crippen LogP contribution < -0.4 is 5.32 Å². The maximum atomic E-state index is 13.6. The molecule has 1 aromatic carbocycles. The van der Waals surface area contributed by atoms with Crippen LogP contribution in [0.2, 0.25) is 0 Å². The first-order valence-electron chi connectivity index (χ1n) is 7.22. The smallest absolute Gasteiger partial charge is 0.126 e. The molecule has 0 fully saturated rings. The Morgan fingerprint density at radius 1 is 1.33 bits per heavy atom.